The molecule has 1 heterocycles. The molecule has 0 aromatic carbocycles. The molecule has 1 aromatic heterocycles. The molecule has 1 rings (SSSR count). The third-order valence-corrected chi connectivity index (χ3v) is 3.06. The van der Waals surface area contributed by atoms with Crippen LogP contribution < -0.4 is 5.32 Å². The summed E-state index contributed by atoms with van der Waals surface area (Å²) < 4.78 is 0. The van der Waals surface area contributed by atoms with Crippen molar-refractivity contribution in [3.8, 4) is 0 Å². The van der Waals surface area contributed by atoms with Crippen LogP contribution in [0.5, 0.6) is 0 Å². The molecule has 0 aliphatic carbocycles. The molecule has 0 aliphatic heterocycles. The Hall–Kier alpha value is -0.600. The van der Waals surface area contributed by atoms with E-state index in [0.29, 0.717) is 11.2 Å². The van der Waals surface area contributed by atoms with E-state index in [4.69, 9.17) is 11.6 Å². The Labute approximate surface area is 103 Å². The highest BCUT2D eigenvalue weighted by molar-refractivity contribution is 6.30. The van der Waals surface area contributed by atoms with E-state index in [1.54, 1.807) is 6.20 Å². The Balaban J connectivity index is 2.26. The van der Waals surface area contributed by atoms with E-state index in [2.05, 4.69) is 24.1 Å². The van der Waals surface area contributed by atoms with Crippen LogP contribution in [0.2, 0.25) is 5.15 Å². The summed E-state index contributed by atoms with van der Waals surface area (Å²) in [5.41, 5.74) is 1.08. The molecule has 0 aliphatic rings. The van der Waals surface area contributed by atoms with Crippen molar-refractivity contribution in [2.45, 2.75) is 52.1 Å². The highest BCUT2D eigenvalue weighted by atomic mass is 35.5. The SMILES string of the molecule is CCCCCC(C)NCc1cccnc1Cl. The fourth-order valence-corrected chi connectivity index (χ4v) is 1.82. The minimum absolute atomic E-state index is 0.544. The molecule has 0 fully saturated rings. The highest BCUT2D eigenvalue weighted by Gasteiger charge is 2.03. The smallest absolute Gasteiger partial charge is 0.133 e. The van der Waals surface area contributed by atoms with Crippen molar-refractivity contribution in [1.29, 1.82) is 0 Å². The van der Waals surface area contributed by atoms with Crippen LogP contribution in [-0.4, -0.2) is 11.0 Å². The molecule has 0 spiro atoms. The standard InChI is InChI=1S/C13H21ClN2/c1-3-4-5-7-11(2)16-10-12-8-6-9-15-13(12)14/h6,8-9,11,16H,3-5,7,10H2,1-2H3. The van der Waals surface area contributed by atoms with Gasteiger partial charge in [-0.15, -0.1) is 0 Å². The Bertz CT molecular complexity index is 302. The van der Waals surface area contributed by atoms with Crippen molar-refractivity contribution in [3.05, 3.63) is 29.0 Å². The molecule has 0 saturated carbocycles. The van der Waals surface area contributed by atoms with E-state index in [-0.39, 0.29) is 0 Å². The largest absolute Gasteiger partial charge is 0.310 e. The molecule has 1 atom stereocenters. The summed E-state index contributed by atoms with van der Waals surface area (Å²) >= 11 is 5.98. The van der Waals surface area contributed by atoms with Gasteiger partial charge in [0.05, 0.1) is 0 Å². The second kappa shape index (κ2) is 7.64. The summed E-state index contributed by atoms with van der Waals surface area (Å²) in [5, 5.41) is 4.08. The number of hydrogen-bond acceptors (Lipinski definition) is 2. The van der Waals surface area contributed by atoms with E-state index in [0.717, 1.165) is 12.1 Å². The van der Waals surface area contributed by atoms with Gasteiger partial charge in [-0.1, -0.05) is 43.9 Å². The second-order valence-corrected chi connectivity index (χ2v) is 4.59. The number of nitrogens with one attached hydrogen (secondary N) is 1. The Morgan fingerprint density at radius 2 is 2.25 bits per heavy atom. The van der Waals surface area contributed by atoms with Crippen LogP contribution in [0.1, 0.15) is 45.1 Å². The van der Waals surface area contributed by atoms with Gasteiger partial charge in [-0.05, 0) is 19.4 Å². The number of aromatic nitrogens is 1. The molecule has 0 saturated heterocycles. The average molecular weight is 241 g/mol. The van der Waals surface area contributed by atoms with E-state index in [1.165, 1.54) is 25.7 Å². The first-order valence-electron chi connectivity index (χ1n) is 6.06. The van der Waals surface area contributed by atoms with Crippen molar-refractivity contribution in [3.63, 3.8) is 0 Å². The lowest BCUT2D eigenvalue weighted by molar-refractivity contribution is 0.487. The van der Waals surface area contributed by atoms with Gasteiger partial charge in [0.2, 0.25) is 0 Å². The predicted molar refractivity (Wildman–Crippen MR) is 69.7 cm³/mol. The van der Waals surface area contributed by atoms with E-state index < -0.39 is 0 Å². The first-order chi connectivity index (χ1) is 7.74. The second-order valence-electron chi connectivity index (χ2n) is 4.23. The topological polar surface area (TPSA) is 24.9 Å². The van der Waals surface area contributed by atoms with Crippen LogP contribution >= 0.6 is 11.6 Å². The van der Waals surface area contributed by atoms with Gasteiger partial charge in [0.15, 0.2) is 0 Å². The lowest BCUT2D eigenvalue weighted by Gasteiger charge is -2.13. The number of rotatable bonds is 7. The Kier molecular flexibility index (Phi) is 6.43. The molecule has 0 amide bonds. The number of hydrogen-bond donors (Lipinski definition) is 1. The molecule has 0 bridgehead atoms. The summed E-state index contributed by atoms with van der Waals surface area (Å²) in [6, 6.07) is 4.48. The molecule has 90 valence electrons. The number of halogens is 1. The van der Waals surface area contributed by atoms with Crippen molar-refractivity contribution in [2.75, 3.05) is 0 Å². The molecule has 2 nitrogen and oxygen atoms in total. The summed E-state index contributed by atoms with van der Waals surface area (Å²) in [5.74, 6) is 0. The zero-order valence-electron chi connectivity index (χ0n) is 10.2. The Morgan fingerprint density at radius 3 is 2.94 bits per heavy atom. The number of pyridine rings is 1. The van der Waals surface area contributed by atoms with Crippen molar-refractivity contribution < 1.29 is 0 Å². The van der Waals surface area contributed by atoms with E-state index in [9.17, 15) is 0 Å². The zero-order chi connectivity index (χ0) is 11.8. The van der Waals surface area contributed by atoms with Gasteiger partial charge >= 0.3 is 0 Å². The van der Waals surface area contributed by atoms with Crippen LogP contribution in [0.4, 0.5) is 0 Å². The summed E-state index contributed by atoms with van der Waals surface area (Å²) in [7, 11) is 0. The molecule has 1 N–H and O–H groups in total. The molecule has 0 radical (unpaired) electrons. The summed E-state index contributed by atoms with van der Waals surface area (Å²) in [4.78, 5) is 4.06. The van der Waals surface area contributed by atoms with Crippen molar-refractivity contribution in [1.82, 2.24) is 10.3 Å². The third kappa shape index (κ3) is 4.95. The first-order valence-corrected chi connectivity index (χ1v) is 6.44. The quantitative estimate of drug-likeness (QED) is 0.579. The van der Waals surface area contributed by atoms with E-state index in [1.807, 2.05) is 12.1 Å². The van der Waals surface area contributed by atoms with Crippen molar-refractivity contribution in [2.24, 2.45) is 0 Å². The number of nitrogens with zero attached hydrogens (tertiary/aromatic N) is 1. The third-order valence-electron chi connectivity index (χ3n) is 2.72. The first kappa shape index (κ1) is 13.5. The monoisotopic (exact) mass is 240 g/mol. The molecule has 16 heavy (non-hydrogen) atoms. The van der Waals surface area contributed by atoms with Gasteiger partial charge in [0.25, 0.3) is 0 Å². The number of unbranched alkanes of at least 4 members (excludes halogenated alkanes) is 2. The zero-order valence-corrected chi connectivity index (χ0v) is 10.9. The lowest BCUT2D eigenvalue weighted by Crippen LogP contribution is -2.25. The maximum Gasteiger partial charge on any atom is 0.133 e. The van der Waals surface area contributed by atoms with Crippen molar-refractivity contribution >= 4 is 11.6 Å². The molecular formula is C13H21ClN2. The highest BCUT2D eigenvalue weighted by Crippen LogP contribution is 2.11. The maximum atomic E-state index is 5.98. The van der Waals surface area contributed by atoms with Gasteiger partial charge in [0.1, 0.15) is 5.15 Å². The average Bonchev–Trinajstić information content (AvgIpc) is 2.28. The predicted octanol–water partition coefficient (Wildman–Crippen LogP) is 3.79. The normalized spacial score (nSPS) is 12.7. The van der Waals surface area contributed by atoms with E-state index >= 15 is 0 Å². The fraction of sp³-hybridized carbons (Fsp3) is 0.615. The van der Waals surface area contributed by atoms with Crippen LogP contribution in [0.25, 0.3) is 0 Å². The minimum Gasteiger partial charge on any atom is -0.310 e. The molecular weight excluding hydrogens is 220 g/mol. The van der Waals surface area contributed by atoms with Crippen LogP contribution in [0.3, 0.4) is 0 Å². The van der Waals surface area contributed by atoms with Gasteiger partial charge in [0, 0.05) is 24.3 Å². The van der Waals surface area contributed by atoms with Gasteiger partial charge in [-0.2, -0.15) is 0 Å². The molecule has 3 heteroatoms. The maximum absolute atomic E-state index is 5.98. The Morgan fingerprint density at radius 1 is 1.44 bits per heavy atom. The van der Waals surface area contributed by atoms with Gasteiger partial charge < -0.3 is 5.32 Å². The fourth-order valence-electron chi connectivity index (χ4n) is 1.64. The lowest BCUT2D eigenvalue weighted by atomic mass is 10.1. The molecule has 1 unspecified atom stereocenters. The van der Waals surface area contributed by atoms with Gasteiger partial charge in [-0.3, -0.25) is 0 Å². The summed E-state index contributed by atoms with van der Waals surface area (Å²) in [6.07, 6.45) is 6.84. The van der Waals surface area contributed by atoms with Crippen LogP contribution in [0, 0.1) is 0 Å². The van der Waals surface area contributed by atoms with Crippen LogP contribution in [-0.2, 0) is 6.54 Å². The van der Waals surface area contributed by atoms with Gasteiger partial charge in [-0.25, -0.2) is 4.98 Å². The van der Waals surface area contributed by atoms with Crippen LogP contribution in [0.15, 0.2) is 18.3 Å². The molecule has 1 aromatic rings. The minimum atomic E-state index is 0.544. The summed E-state index contributed by atoms with van der Waals surface area (Å²) in [6.45, 7) is 5.26.